The third-order valence-corrected chi connectivity index (χ3v) is 3.40. The number of fused-ring (bicyclic) bond motifs is 1. The van der Waals surface area contributed by atoms with Crippen LogP contribution in [-0.4, -0.2) is 54.7 Å². The van der Waals surface area contributed by atoms with Gasteiger partial charge < -0.3 is 14.5 Å². The van der Waals surface area contributed by atoms with Crippen LogP contribution in [-0.2, 0) is 4.74 Å². The van der Waals surface area contributed by atoms with E-state index in [0.29, 0.717) is 17.9 Å². The summed E-state index contributed by atoms with van der Waals surface area (Å²) in [6.45, 7) is 7.45. The molecule has 1 saturated carbocycles. The van der Waals surface area contributed by atoms with Gasteiger partial charge in [0.1, 0.15) is 5.60 Å². The predicted molar refractivity (Wildman–Crippen MR) is 62.3 cm³/mol. The standard InChI is InChI=1S/C12H22N2O2/c1-12(2,3)16-11(15)14-6-8-9(7-14)10(8)13(4)5/h8-10H,6-7H2,1-5H3. The topological polar surface area (TPSA) is 32.8 Å². The molecule has 2 aliphatic rings. The van der Waals surface area contributed by atoms with Gasteiger partial charge >= 0.3 is 6.09 Å². The van der Waals surface area contributed by atoms with Crippen LogP contribution in [0.5, 0.6) is 0 Å². The average Bonchev–Trinajstić information content (AvgIpc) is 2.60. The summed E-state index contributed by atoms with van der Waals surface area (Å²) < 4.78 is 5.36. The molecule has 4 heteroatoms. The molecule has 2 fully saturated rings. The van der Waals surface area contributed by atoms with Crippen LogP contribution < -0.4 is 0 Å². The molecule has 1 aliphatic carbocycles. The fourth-order valence-electron chi connectivity index (χ4n) is 2.74. The molecule has 0 radical (unpaired) electrons. The molecule has 2 rings (SSSR count). The lowest BCUT2D eigenvalue weighted by molar-refractivity contribution is 0.0261. The van der Waals surface area contributed by atoms with Gasteiger partial charge in [0.2, 0.25) is 0 Å². The summed E-state index contributed by atoms with van der Waals surface area (Å²) in [6, 6.07) is 0.679. The zero-order chi connectivity index (χ0) is 12.1. The molecular weight excluding hydrogens is 204 g/mol. The van der Waals surface area contributed by atoms with E-state index in [2.05, 4.69) is 19.0 Å². The Kier molecular flexibility index (Phi) is 2.65. The molecule has 0 aromatic rings. The highest BCUT2D eigenvalue weighted by Gasteiger charge is 2.58. The van der Waals surface area contributed by atoms with Crippen LogP contribution in [0.2, 0.25) is 0 Å². The van der Waals surface area contributed by atoms with Gasteiger partial charge in [-0.2, -0.15) is 0 Å². The molecule has 0 N–H and O–H groups in total. The first-order chi connectivity index (χ1) is 7.29. The molecule has 1 aliphatic heterocycles. The minimum absolute atomic E-state index is 0.155. The van der Waals surface area contributed by atoms with Crippen molar-refractivity contribution < 1.29 is 9.53 Å². The molecule has 1 amide bonds. The molecule has 0 bridgehead atoms. The van der Waals surface area contributed by atoms with Crippen molar-refractivity contribution in [2.24, 2.45) is 11.8 Å². The molecule has 2 atom stereocenters. The van der Waals surface area contributed by atoms with Crippen LogP contribution in [0.25, 0.3) is 0 Å². The lowest BCUT2D eigenvalue weighted by atomic mass is 10.2. The largest absolute Gasteiger partial charge is 0.444 e. The molecular formula is C12H22N2O2. The summed E-state index contributed by atoms with van der Waals surface area (Å²) >= 11 is 0. The maximum Gasteiger partial charge on any atom is 0.410 e. The second-order valence-electron chi connectivity index (χ2n) is 6.17. The number of hydrogen-bond acceptors (Lipinski definition) is 3. The van der Waals surface area contributed by atoms with Crippen LogP contribution in [0.15, 0.2) is 0 Å². The van der Waals surface area contributed by atoms with Crippen molar-refractivity contribution >= 4 is 6.09 Å². The molecule has 1 saturated heterocycles. The first-order valence-corrected chi connectivity index (χ1v) is 5.94. The summed E-state index contributed by atoms with van der Waals surface area (Å²) in [5.41, 5.74) is -0.384. The minimum Gasteiger partial charge on any atom is -0.444 e. The fraction of sp³-hybridized carbons (Fsp3) is 0.917. The molecule has 0 aromatic heterocycles. The van der Waals surface area contributed by atoms with Crippen LogP contribution >= 0.6 is 0 Å². The zero-order valence-corrected chi connectivity index (χ0v) is 10.9. The highest BCUT2D eigenvalue weighted by molar-refractivity contribution is 5.69. The summed E-state index contributed by atoms with van der Waals surface area (Å²) in [6.07, 6.45) is -0.155. The second-order valence-corrected chi connectivity index (χ2v) is 6.17. The second kappa shape index (κ2) is 3.62. The van der Waals surface area contributed by atoms with E-state index in [1.54, 1.807) is 0 Å². The first kappa shape index (κ1) is 11.7. The Hall–Kier alpha value is -0.770. The lowest BCUT2D eigenvalue weighted by Crippen LogP contribution is -2.39. The van der Waals surface area contributed by atoms with E-state index in [4.69, 9.17) is 4.74 Å². The highest BCUT2D eigenvalue weighted by atomic mass is 16.6. The summed E-state index contributed by atoms with van der Waals surface area (Å²) in [5, 5.41) is 0. The number of nitrogens with zero attached hydrogens (tertiary/aromatic N) is 2. The van der Waals surface area contributed by atoms with Gasteiger partial charge in [0.15, 0.2) is 0 Å². The van der Waals surface area contributed by atoms with E-state index >= 15 is 0 Å². The van der Waals surface area contributed by atoms with Crippen molar-refractivity contribution in [1.29, 1.82) is 0 Å². The van der Waals surface area contributed by atoms with E-state index in [9.17, 15) is 4.79 Å². The number of rotatable bonds is 1. The van der Waals surface area contributed by atoms with Crippen molar-refractivity contribution in [2.75, 3.05) is 27.2 Å². The molecule has 16 heavy (non-hydrogen) atoms. The Morgan fingerprint density at radius 2 is 1.75 bits per heavy atom. The third kappa shape index (κ3) is 2.17. The molecule has 92 valence electrons. The maximum atomic E-state index is 11.8. The molecule has 2 unspecified atom stereocenters. The highest BCUT2D eigenvalue weighted by Crippen LogP contribution is 2.48. The third-order valence-electron chi connectivity index (χ3n) is 3.40. The smallest absolute Gasteiger partial charge is 0.410 e. The van der Waals surface area contributed by atoms with Crippen LogP contribution in [0.3, 0.4) is 0 Å². The molecule has 4 nitrogen and oxygen atoms in total. The van der Waals surface area contributed by atoms with Crippen LogP contribution in [0, 0.1) is 11.8 Å². The van der Waals surface area contributed by atoms with Crippen molar-refractivity contribution in [3.05, 3.63) is 0 Å². The monoisotopic (exact) mass is 226 g/mol. The number of piperidine rings is 1. The van der Waals surface area contributed by atoms with Gasteiger partial charge in [-0.25, -0.2) is 4.79 Å². The van der Waals surface area contributed by atoms with Gasteiger partial charge in [-0.1, -0.05) is 0 Å². The van der Waals surface area contributed by atoms with Crippen molar-refractivity contribution in [3.8, 4) is 0 Å². The molecule has 0 spiro atoms. The number of amides is 1. The number of likely N-dealkylation sites (tertiary alicyclic amines) is 1. The number of carbonyl (C=O) groups is 1. The van der Waals surface area contributed by atoms with Gasteiger partial charge in [0.25, 0.3) is 0 Å². The quantitative estimate of drug-likeness (QED) is 0.678. The molecule has 0 aromatic carbocycles. The lowest BCUT2D eigenvalue weighted by Gasteiger charge is -2.26. The van der Waals surface area contributed by atoms with Crippen LogP contribution in [0.1, 0.15) is 20.8 Å². The van der Waals surface area contributed by atoms with Gasteiger partial charge in [-0.05, 0) is 46.7 Å². The summed E-state index contributed by atoms with van der Waals surface area (Å²) in [7, 11) is 4.22. The number of ether oxygens (including phenoxy) is 1. The summed E-state index contributed by atoms with van der Waals surface area (Å²) in [5.74, 6) is 1.34. The first-order valence-electron chi connectivity index (χ1n) is 5.94. The maximum absolute atomic E-state index is 11.8. The van der Waals surface area contributed by atoms with Crippen molar-refractivity contribution in [3.63, 3.8) is 0 Å². The zero-order valence-electron chi connectivity index (χ0n) is 10.9. The van der Waals surface area contributed by atoms with Crippen molar-refractivity contribution in [2.45, 2.75) is 32.4 Å². The van der Waals surface area contributed by atoms with E-state index in [-0.39, 0.29) is 11.7 Å². The van der Waals surface area contributed by atoms with E-state index in [1.807, 2.05) is 25.7 Å². The van der Waals surface area contributed by atoms with Gasteiger partial charge in [-0.3, -0.25) is 0 Å². The average molecular weight is 226 g/mol. The normalized spacial score (nSPS) is 32.9. The minimum atomic E-state index is -0.384. The Morgan fingerprint density at radius 1 is 1.25 bits per heavy atom. The Labute approximate surface area is 97.5 Å². The Balaban J connectivity index is 1.82. The SMILES string of the molecule is CN(C)C1C2CN(C(=O)OC(C)(C)C)CC21. The van der Waals surface area contributed by atoms with Crippen molar-refractivity contribution in [1.82, 2.24) is 9.80 Å². The Bertz CT molecular complexity index is 284. The number of hydrogen-bond donors (Lipinski definition) is 0. The number of carbonyl (C=O) groups excluding carboxylic acids is 1. The predicted octanol–water partition coefficient (Wildman–Crippen LogP) is 1.41. The van der Waals surface area contributed by atoms with Gasteiger partial charge in [-0.15, -0.1) is 0 Å². The van der Waals surface area contributed by atoms with E-state index < -0.39 is 0 Å². The fourth-order valence-corrected chi connectivity index (χ4v) is 2.74. The van der Waals surface area contributed by atoms with E-state index in [0.717, 1.165) is 13.1 Å². The van der Waals surface area contributed by atoms with Crippen LogP contribution in [0.4, 0.5) is 4.79 Å². The van der Waals surface area contributed by atoms with E-state index in [1.165, 1.54) is 0 Å². The van der Waals surface area contributed by atoms with Gasteiger partial charge in [0, 0.05) is 19.1 Å². The molecule has 1 heterocycles. The Morgan fingerprint density at radius 3 is 2.12 bits per heavy atom. The summed E-state index contributed by atoms with van der Waals surface area (Å²) in [4.78, 5) is 15.9. The van der Waals surface area contributed by atoms with Gasteiger partial charge in [0.05, 0.1) is 0 Å².